The zero-order valence-corrected chi connectivity index (χ0v) is 18.3. The molecule has 1 aliphatic heterocycles. The molecule has 0 bridgehead atoms. The highest BCUT2D eigenvalue weighted by Crippen LogP contribution is 2.19. The molecule has 0 saturated carbocycles. The number of anilines is 1. The molecule has 1 aliphatic rings. The maximum Gasteiger partial charge on any atom is 0.253 e. The highest BCUT2D eigenvalue weighted by Gasteiger charge is 2.21. The Kier molecular flexibility index (Phi) is 7.60. The molecule has 5 nitrogen and oxygen atoms in total. The van der Waals surface area contributed by atoms with Crippen molar-refractivity contribution in [3.8, 4) is 0 Å². The smallest absolute Gasteiger partial charge is 0.253 e. The number of thiocarbonyl (C=S) groups is 1. The van der Waals surface area contributed by atoms with Gasteiger partial charge < -0.3 is 10.2 Å². The summed E-state index contributed by atoms with van der Waals surface area (Å²) in [5.41, 5.74) is 2.11. The van der Waals surface area contributed by atoms with E-state index >= 15 is 0 Å². The largest absolute Gasteiger partial charge is 0.339 e. The first-order valence-electron chi connectivity index (χ1n) is 9.85. The minimum atomic E-state index is -0.350. The number of likely N-dealkylation sites (tertiary alicyclic amines) is 1. The molecule has 0 atom stereocenters. The minimum absolute atomic E-state index is 0.0198. The normalized spacial score (nSPS) is 14.5. The van der Waals surface area contributed by atoms with Crippen LogP contribution in [0.15, 0.2) is 54.6 Å². The van der Waals surface area contributed by atoms with Crippen LogP contribution in [-0.2, 0) is 4.79 Å². The van der Waals surface area contributed by atoms with Crippen molar-refractivity contribution in [1.82, 2.24) is 10.2 Å². The molecule has 30 heavy (non-hydrogen) atoms. The van der Waals surface area contributed by atoms with Crippen molar-refractivity contribution in [3.63, 3.8) is 0 Å². The van der Waals surface area contributed by atoms with Crippen LogP contribution in [0.1, 0.15) is 35.7 Å². The zero-order valence-electron chi connectivity index (χ0n) is 16.7. The van der Waals surface area contributed by atoms with Gasteiger partial charge in [0, 0.05) is 35.4 Å². The zero-order chi connectivity index (χ0) is 21.5. The first-order valence-corrected chi connectivity index (χ1v) is 10.6. The van der Waals surface area contributed by atoms with Crippen molar-refractivity contribution in [2.24, 2.45) is 5.92 Å². The molecule has 156 valence electrons. The molecule has 2 aromatic rings. The van der Waals surface area contributed by atoms with Crippen LogP contribution in [-0.4, -0.2) is 34.9 Å². The summed E-state index contributed by atoms with van der Waals surface area (Å²) in [6.45, 7) is 3.78. The standard InChI is InChI=1S/C23H24ClN3O2S/c1-16-11-13-27(14-12-16)22(29)18-3-2-4-20(15-18)25-23(30)26-21(28)10-7-17-5-8-19(24)9-6-17/h2-10,15-16H,11-14H2,1H3,(H2,25,26,28,30)/b10-7+. The predicted octanol–water partition coefficient (Wildman–Crippen LogP) is 4.74. The maximum absolute atomic E-state index is 12.7. The summed E-state index contributed by atoms with van der Waals surface area (Å²) in [5.74, 6) is 0.334. The van der Waals surface area contributed by atoms with E-state index < -0.39 is 0 Å². The summed E-state index contributed by atoms with van der Waals surface area (Å²) >= 11 is 11.1. The predicted molar refractivity (Wildman–Crippen MR) is 126 cm³/mol. The Morgan fingerprint density at radius 1 is 1.13 bits per heavy atom. The van der Waals surface area contributed by atoms with Gasteiger partial charge in [0.15, 0.2) is 5.11 Å². The van der Waals surface area contributed by atoms with Crippen molar-refractivity contribution in [2.45, 2.75) is 19.8 Å². The third-order valence-corrected chi connectivity index (χ3v) is 5.43. The first-order chi connectivity index (χ1) is 14.4. The molecule has 2 aromatic carbocycles. The summed E-state index contributed by atoms with van der Waals surface area (Å²) < 4.78 is 0. The molecule has 1 heterocycles. The summed E-state index contributed by atoms with van der Waals surface area (Å²) in [5, 5.41) is 6.36. The quantitative estimate of drug-likeness (QED) is 0.531. The lowest BCUT2D eigenvalue weighted by Crippen LogP contribution is -2.38. The highest BCUT2D eigenvalue weighted by molar-refractivity contribution is 7.80. The third kappa shape index (κ3) is 6.40. The Morgan fingerprint density at radius 3 is 2.53 bits per heavy atom. The minimum Gasteiger partial charge on any atom is -0.339 e. The molecule has 7 heteroatoms. The molecular weight excluding hydrogens is 418 g/mol. The average molecular weight is 442 g/mol. The van der Waals surface area contributed by atoms with Crippen LogP contribution in [0.4, 0.5) is 5.69 Å². The Balaban J connectivity index is 1.55. The van der Waals surface area contributed by atoms with Crippen LogP contribution >= 0.6 is 23.8 Å². The van der Waals surface area contributed by atoms with Gasteiger partial charge in [-0.1, -0.05) is 36.7 Å². The number of halogens is 1. The van der Waals surface area contributed by atoms with E-state index in [9.17, 15) is 9.59 Å². The Hall–Kier alpha value is -2.70. The summed E-state index contributed by atoms with van der Waals surface area (Å²) in [4.78, 5) is 26.7. The number of rotatable bonds is 4. The van der Waals surface area contributed by atoms with Gasteiger partial charge >= 0.3 is 0 Å². The Morgan fingerprint density at radius 2 is 1.83 bits per heavy atom. The van der Waals surface area contributed by atoms with E-state index in [4.69, 9.17) is 23.8 Å². The lowest BCUT2D eigenvalue weighted by Gasteiger charge is -2.30. The summed E-state index contributed by atoms with van der Waals surface area (Å²) in [7, 11) is 0. The van der Waals surface area contributed by atoms with Gasteiger partial charge in [-0.05, 0) is 72.9 Å². The van der Waals surface area contributed by atoms with Crippen molar-refractivity contribution in [2.75, 3.05) is 18.4 Å². The third-order valence-electron chi connectivity index (χ3n) is 4.97. The van der Waals surface area contributed by atoms with Crippen molar-refractivity contribution < 1.29 is 9.59 Å². The second-order valence-corrected chi connectivity index (χ2v) is 8.23. The van der Waals surface area contributed by atoms with E-state index in [1.54, 1.807) is 42.5 Å². The van der Waals surface area contributed by atoms with Crippen LogP contribution in [0.25, 0.3) is 6.08 Å². The Labute approximate surface area is 187 Å². The lowest BCUT2D eigenvalue weighted by molar-refractivity contribution is -0.115. The molecule has 0 aromatic heterocycles. The molecule has 0 spiro atoms. The number of amides is 2. The number of hydrogen-bond donors (Lipinski definition) is 2. The molecule has 1 fully saturated rings. The topological polar surface area (TPSA) is 61.4 Å². The number of carbonyl (C=O) groups excluding carboxylic acids is 2. The second-order valence-electron chi connectivity index (χ2n) is 7.38. The molecular formula is C23H24ClN3O2S. The average Bonchev–Trinajstić information content (AvgIpc) is 2.73. The fraction of sp³-hybridized carbons (Fsp3) is 0.261. The number of hydrogen-bond acceptors (Lipinski definition) is 3. The molecule has 0 unspecified atom stereocenters. The van der Waals surface area contributed by atoms with E-state index in [0.29, 0.717) is 22.2 Å². The van der Waals surface area contributed by atoms with E-state index in [1.807, 2.05) is 17.0 Å². The van der Waals surface area contributed by atoms with Gasteiger partial charge in [-0.15, -0.1) is 0 Å². The summed E-state index contributed by atoms with van der Waals surface area (Å²) in [6, 6.07) is 14.3. The van der Waals surface area contributed by atoms with Gasteiger partial charge in [-0.2, -0.15) is 0 Å². The first kappa shape index (κ1) is 22.0. The van der Waals surface area contributed by atoms with Crippen LogP contribution < -0.4 is 10.6 Å². The Bertz CT molecular complexity index is 951. The van der Waals surface area contributed by atoms with E-state index in [1.165, 1.54) is 6.08 Å². The fourth-order valence-electron chi connectivity index (χ4n) is 3.19. The SMILES string of the molecule is CC1CCN(C(=O)c2cccc(NC(=S)NC(=O)/C=C/c3ccc(Cl)cc3)c2)CC1. The molecule has 2 N–H and O–H groups in total. The van der Waals surface area contributed by atoms with Gasteiger partial charge in [0.1, 0.15) is 0 Å². The van der Waals surface area contributed by atoms with Crippen LogP contribution in [0, 0.1) is 5.92 Å². The number of carbonyl (C=O) groups is 2. The van der Waals surface area contributed by atoms with E-state index in [-0.39, 0.29) is 16.9 Å². The maximum atomic E-state index is 12.7. The van der Waals surface area contributed by atoms with Gasteiger partial charge in [0.2, 0.25) is 5.91 Å². The van der Waals surface area contributed by atoms with Crippen LogP contribution in [0.5, 0.6) is 0 Å². The monoisotopic (exact) mass is 441 g/mol. The van der Waals surface area contributed by atoms with Crippen molar-refractivity contribution in [1.29, 1.82) is 0 Å². The van der Waals surface area contributed by atoms with Crippen LogP contribution in [0.2, 0.25) is 5.02 Å². The lowest BCUT2D eigenvalue weighted by atomic mass is 9.98. The highest BCUT2D eigenvalue weighted by atomic mass is 35.5. The van der Waals surface area contributed by atoms with E-state index in [2.05, 4.69) is 17.6 Å². The van der Waals surface area contributed by atoms with Crippen LogP contribution in [0.3, 0.4) is 0 Å². The number of benzene rings is 2. The van der Waals surface area contributed by atoms with Gasteiger partial charge in [0.25, 0.3) is 5.91 Å². The molecule has 3 rings (SSSR count). The second kappa shape index (κ2) is 10.4. The van der Waals surface area contributed by atoms with Gasteiger partial charge in [0.05, 0.1) is 0 Å². The van der Waals surface area contributed by atoms with Gasteiger partial charge in [-0.25, -0.2) is 0 Å². The number of nitrogens with zero attached hydrogens (tertiary/aromatic N) is 1. The molecule has 1 saturated heterocycles. The molecule has 0 aliphatic carbocycles. The molecule has 2 amide bonds. The summed E-state index contributed by atoms with van der Waals surface area (Å²) in [6.07, 6.45) is 5.13. The number of nitrogens with one attached hydrogen (secondary N) is 2. The van der Waals surface area contributed by atoms with E-state index in [0.717, 1.165) is 31.5 Å². The van der Waals surface area contributed by atoms with Crippen molar-refractivity contribution >= 4 is 52.5 Å². The fourth-order valence-corrected chi connectivity index (χ4v) is 3.53. The molecule has 0 radical (unpaired) electrons. The van der Waals surface area contributed by atoms with Gasteiger partial charge in [-0.3, -0.25) is 14.9 Å². The number of piperidine rings is 1. The van der Waals surface area contributed by atoms with Crippen molar-refractivity contribution in [3.05, 3.63) is 70.8 Å².